The van der Waals surface area contributed by atoms with Crippen molar-refractivity contribution in [1.29, 1.82) is 0 Å². The molecule has 0 aromatic rings. The molecule has 5 unspecified atom stereocenters. The molecule has 0 fully saturated rings. The molecule has 16 heteroatoms. The van der Waals surface area contributed by atoms with Gasteiger partial charge in [0.25, 0.3) is 0 Å². The second kappa shape index (κ2) is 14.4. The molecule has 0 aromatic heterocycles. The number of nitrogens with two attached hydrogens (primary N) is 1. The summed E-state index contributed by atoms with van der Waals surface area (Å²) in [7, 11) is 0. The van der Waals surface area contributed by atoms with Gasteiger partial charge in [-0.2, -0.15) is 0 Å². The lowest BCUT2D eigenvalue weighted by Crippen LogP contribution is -2.58. The molecule has 0 aliphatic rings. The van der Waals surface area contributed by atoms with Crippen molar-refractivity contribution < 1.29 is 59.1 Å². The number of rotatable bonds is 16. The van der Waals surface area contributed by atoms with Crippen LogP contribution in [0.25, 0.3) is 0 Å². The van der Waals surface area contributed by atoms with Crippen LogP contribution < -0.4 is 21.7 Å². The lowest BCUT2D eigenvalue weighted by molar-refractivity contribution is -0.144. The first-order chi connectivity index (χ1) is 15.6. The Labute approximate surface area is 192 Å². The predicted molar refractivity (Wildman–Crippen MR) is 109 cm³/mol. The van der Waals surface area contributed by atoms with Gasteiger partial charge in [-0.3, -0.25) is 28.8 Å². The first kappa shape index (κ1) is 30.2. The van der Waals surface area contributed by atoms with Gasteiger partial charge in [-0.05, 0) is 19.8 Å². The number of aliphatic hydroxyl groups is 1. The monoisotopic (exact) mass is 492 g/mol. The van der Waals surface area contributed by atoms with Gasteiger partial charge in [-0.15, -0.1) is 0 Å². The molecule has 0 saturated carbocycles. The highest BCUT2D eigenvalue weighted by Gasteiger charge is 2.32. The van der Waals surface area contributed by atoms with Crippen LogP contribution in [0.2, 0.25) is 0 Å². The highest BCUT2D eigenvalue weighted by atomic mass is 16.4. The highest BCUT2D eigenvalue weighted by Crippen LogP contribution is 2.05. The van der Waals surface area contributed by atoms with E-state index in [4.69, 9.17) is 26.2 Å². The third-order valence-electron chi connectivity index (χ3n) is 4.38. The second-order valence-corrected chi connectivity index (χ2v) is 7.25. The Hall–Kier alpha value is -3.79. The van der Waals surface area contributed by atoms with Crippen molar-refractivity contribution in [2.45, 2.75) is 69.3 Å². The minimum Gasteiger partial charge on any atom is -0.481 e. The number of hydrogen-bond donors (Lipinski definition) is 9. The van der Waals surface area contributed by atoms with Crippen molar-refractivity contribution in [3.63, 3.8) is 0 Å². The maximum absolute atomic E-state index is 12.6. The molecule has 3 amide bonds. The smallest absolute Gasteiger partial charge is 0.326 e. The van der Waals surface area contributed by atoms with Gasteiger partial charge < -0.3 is 47.2 Å². The summed E-state index contributed by atoms with van der Waals surface area (Å²) in [5.74, 6) is -9.32. The van der Waals surface area contributed by atoms with E-state index < -0.39 is 104 Å². The number of aliphatic carboxylic acids is 4. The first-order valence-electron chi connectivity index (χ1n) is 9.88. The van der Waals surface area contributed by atoms with Crippen molar-refractivity contribution in [3.8, 4) is 0 Å². The zero-order valence-electron chi connectivity index (χ0n) is 18.1. The summed E-state index contributed by atoms with van der Waals surface area (Å²) in [5.41, 5.74) is 5.46. The summed E-state index contributed by atoms with van der Waals surface area (Å²) in [6.45, 7) is 1.19. The number of nitrogens with one attached hydrogen (secondary N) is 3. The van der Waals surface area contributed by atoms with E-state index in [0.29, 0.717) is 0 Å². The molecular formula is C18H28N4O12. The molecule has 192 valence electrons. The molecule has 0 radical (unpaired) electrons. The first-order valence-corrected chi connectivity index (χ1v) is 9.88. The maximum atomic E-state index is 12.6. The molecule has 0 heterocycles. The summed E-state index contributed by atoms with van der Waals surface area (Å²) in [6, 6.07) is -6.64. The van der Waals surface area contributed by atoms with Crippen LogP contribution in [0.1, 0.15) is 39.0 Å². The van der Waals surface area contributed by atoms with Crippen LogP contribution >= 0.6 is 0 Å². The highest BCUT2D eigenvalue weighted by molar-refractivity contribution is 5.95. The van der Waals surface area contributed by atoms with E-state index in [-0.39, 0.29) is 0 Å². The van der Waals surface area contributed by atoms with E-state index in [1.165, 1.54) is 6.92 Å². The Kier molecular flexibility index (Phi) is 12.8. The van der Waals surface area contributed by atoms with Gasteiger partial charge in [0.05, 0.1) is 12.5 Å². The summed E-state index contributed by atoms with van der Waals surface area (Å²) in [4.78, 5) is 81.1. The zero-order chi connectivity index (χ0) is 26.6. The van der Waals surface area contributed by atoms with Crippen LogP contribution in [0, 0.1) is 0 Å². The Balaban J connectivity index is 5.59. The number of hydrogen-bond acceptors (Lipinski definition) is 9. The Morgan fingerprint density at radius 1 is 0.676 bits per heavy atom. The average Bonchev–Trinajstić information content (AvgIpc) is 2.71. The minimum atomic E-state index is -1.86. The van der Waals surface area contributed by atoms with Crippen molar-refractivity contribution in [1.82, 2.24) is 16.0 Å². The molecule has 0 saturated heterocycles. The zero-order valence-corrected chi connectivity index (χ0v) is 18.1. The minimum absolute atomic E-state index is 0.489. The summed E-state index contributed by atoms with van der Waals surface area (Å²) < 4.78 is 0. The van der Waals surface area contributed by atoms with Gasteiger partial charge in [0.1, 0.15) is 24.2 Å². The number of carboxylic acids is 4. The predicted octanol–water partition coefficient (Wildman–Crippen LogP) is -3.56. The third-order valence-corrected chi connectivity index (χ3v) is 4.38. The Morgan fingerprint density at radius 3 is 1.50 bits per heavy atom. The molecule has 34 heavy (non-hydrogen) atoms. The Morgan fingerprint density at radius 2 is 1.09 bits per heavy atom. The number of carbonyl (C=O) groups is 7. The van der Waals surface area contributed by atoms with Crippen molar-refractivity contribution in [2.75, 3.05) is 0 Å². The molecule has 5 atom stereocenters. The van der Waals surface area contributed by atoms with Crippen LogP contribution in [-0.4, -0.2) is 97.4 Å². The van der Waals surface area contributed by atoms with Gasteiger partial charge in [-0.1, -0.05) is 0 Å². The van der Waals surface area contributed by atoms with E-state index in [1.54, 1.807) is 0 Å². The van der Waals surface area contributed by atoms with Crippen molar-refractivity contribution >= 4 is 41.6 Å². The molecular weight excluding hydrogens is 464 g/mol. The molecule has 0 aliphatic carbocycles. The van der Waals surface area contributed by atoms with E-state index in [9.17, 15) is 38.7 Å². The van der Waals surface area contributed by atoms with Gasteiger partial charge in [0.2, 0.25) is 17.7 Å². The molecule has 0 aromatic carbocycles. The van der Waals surface area contributed by atoms with Gasteiger partial charge in [0, 0.05) is 12.8 Å². The fraction of sp³-hybridized carbons (Fsp3) is 0.611. The lowest BCUT2D eigenvalue weighted by atomic mass is 10.1. The summed E-state index contributed by atoms with van der Waals surface area (Å²) in [5, 5.41) is 51.2. The fourth-order valence-corrected chi connectivity index (χ4v) is 2.48. The normalized spacial score (nSPS) is 15.0. The Bertz CT molecular complexity index is 800. The van der Waals surface area contributed by atoms with Crippen LogP contribution in [0.4, 0.5) is 0 Å². The molecule has 0 spiro atoms. The van der Waals surface area contributed by atoms with Crippen LogP contribution in [-0.2, 0) is 33.6 Å². The van der Waals surface area contributed by atoms with E-state index in [1.807, 2.05) is 10.6 Å². The van der Waals surface area contributed by atoms with Gasteiger partial charge in [-0.25, -0.2) is 4.79 Å². The van der Waals surface area contributed by atoms with Gasteiger partial charge in [0.15, 0.2) is 0 Å². The van der Waals surface area contributed by atoms with Crippen molar-refractivity contribution in [2.24, 2.45) is 5.73 Å². The molecule has 0 bridgehead atoms. The fourth-order valence-electron chi connectivity index (χ4n) is 2.48. The largest absolute Gasteiger partial charge is 0.481 e. The molecule has 0 rings (SSSR count). The summed E-state index contributed by atoms with van der Waals surface area (Å²) in [6.07, 6.45) is -4.60. The molecule has 16 nitrogen and oxygen atoms in total. The quantitative estimate of drug-likeness (QED) is 0.101. The topological polar surface area (TPSA) is 283 Å². The van der Waals surface area contributed by atoms with E-state index >= 15 is 0 Å². The molecule has 10 N–H and O–H groups in total. The van der Waals surface area contributed by atoms with Crippen LogP contribution in [0.5, 0.6) is 0 Å². The second-order valence-electron chi connectivity index (χ2n) is 7.25. The van der Waals surface area contributed by atoms with Crippen LogP contribution in [0.3, 0.4) is 0 Å². The SMILES string of the molecule is CC(O)C(N)C(=O)NC(CCC(=O)O)C(=O)NC(CC(=O)O)C(=O)NC(CCC(=O)O)C(=O)O. The van der Waals surface area contributed by atoms with E-state index in [2.05, 4.69) is 5.32 Å². The van der Waals surface area contributed by atoms with Crippen molar-refractivity contribution in [3.05, 3.63) is 0 Å². The standard InChI is InChI=1S/C18H28N4O12/c1-7(23)14(19)17(32)20-8(2-4-11(24)25)15(30)22-10(6-13(28)29)16(31)21-9(18(33)34)3-5-12(26)27/h7-10,14,23H,2-6,19H2,1H3,(H,20,32)(H,21,31)(H,22,30)(H,24,25)(H,26,27)(H,28,29)(H,33,34). The molecule has 0 aliphatic heterocycles. The number of aliphatic hydroxyl groups excluding tert-OH is 1. The lowest BCUT2D eigenvalue weighted by Gasteiger charge is -2.24. The number of carboxylic acid groups (broad SMARTS) is 4. The van der Waals surface area contributed by atoms with Gasteiger partial charge >= 0.3 is 23.9 Å². The summed E-state index contributed by atoms with van der Waals surface area (Å²) >= 11 is 0. The third kappa shape index (κ3) is 11.7. The average molecular weight is 492 g/mol. The number of amides is 3. The van der Waals surface area contributed by atoms with E-state index in [0.717, 1.165) is 0 Å². The van der Waals surface area contributed by atoms with Crippen LogP contribution in [0.15, 0.2) is 0 Å². The maximum Gasteiger partial charge on any atom is 0.326 e. The number of carbonyl (C=O) groups excluding carboxylic acids is 3.